The lowest BCUT2D eigenvalue weighted by Gasteiger charge is -2.08. The molecule has 0 saturated heterocycles. The molecule has 2 N–H and O–H groups in total. The van der Waals surface area contributed by atoms with Crippen molar-refractivity contribution in [2.75, 3.05) is 0 Å². The highest BCUT2D eigenvalue weighted by Gasteiger charge is 2.05. The summed E-state index contributed by atoms with van der Waals surface area (Å²) < 4.78 is 5.70. The van der Waals surface area contributed by atoms with Gasteiger partial charge in [0.05, 0.1) is 5.69 Å². The number of aromatic nitrogens is 2. The first kappa shape index (κ1) is 12.5. The highest BCUT2D eigenvalue weighted by molar-refractivity contribution is 5.31. The van der Waals surface area contributed by atoms with E-state index < -0.39 is 0 Å². The molecule has 0 atom stereocenters. The number of benzene rings is 1. The molecule has 4 nitrogen and oxygen atoms in total. The maximum absolute atomic E-state index is 5.70. The van der Waals surface area contributed by atoms with E-state index in [1.807, 2.05) is 30.3 Å². The van der Waals surface area contributed by atoms with Crippen LogP contribution in [0, 0.1) is 0 Å². The van der Waals surface area contributed by atoms with Gasteiger partial charge in [0.2, 0.25) is 5.88 Å². The molecule has 2 aromatic rings. The third kappa shape index (κ3) is 3.05. The molecular formula is C14H17N3O. The highest BCUT2D eigenvalue weighted by atomic mass is 16.5. The van der Waals surface area contributed by atoms with Crippen LogP contribution in [0.5, 0.6) is 11.6 Å². The first-order valence-corrected chi connectivity index (χ1v) is 5.98. The van der Waals surface area contributed by atoms with Crippen molar-refractivity contribution < 1.29 is 4.74 Å². The van der Waals surface area contributed by atoms with Crippen LogP contribution in [0.25, 0.3) is 0 Å². The first-order chi connectivity index (χ1) is 8.69. The van der Waals surface area contributed by atoms with E-state index in [4.69, 9.17) is 10.5 Å². The summed E-state index contributed by atoms with van der Waals surface area (Å²) in [5.41, 5.74) is 7.60. The number of rotatable bonds is 4. The van der Waals surface area contributed by atoms with Gasteiger partial charge in [-0.3, -0.25) is 0 Å². The summed E-state index contributed by atoms with van der Waals surface area (Å²) in [5.74, 6) is 1.65. The number of nitrogens with two attached hydrogens (primary N) is 1. The van der Waals surface area contributed by atoms with Gasteiger partial charge in [0.25, 0.3) is 0 Å². The van der Waals surface area contributed by atoms with E-state index in [0.29, 0.717) is 18.3 Å². The van der Waals surface area contributed by atoms with Gasteiger partial charge in [0.1, 0.15) is 12.1 Å². The molecule has 0 aliphatic rings. The standard InChI is InChI=1S/C14H17N3O/c1-10(2)13-7-14(17-9-16-13)18-12-5-3-4-11(6-12)8-15/h3-7,9-10H,8,15H2,1-2H3. The van der Waals surface area contributed by atoms with Crippen molar-refractivity contribution in [1.82, 2.24) is 9.97 Å². The number of hydrogen-bond acceptors (Lipinski definition) is 4. The fourth-order valence-corrected chi connectivity index (χ4v) is 1.58. The van der Waals surface area contributed by atoms with Crippen molar-refractivity contribution in [3.63, 3.8) is 0 Å². The Morgan fingerprint density at radius 3 is 2.78 bits per heavy atom. The number of nitrogens with zero attached hydrogens (tertiary/aromatic N) is 2. The second-order valence-electron chi connectivity index (χ2n) is 4.39. The normalized spacial score (nSPS) is 10.7. The van der Waals surface area contributed by atoms with Gasteiger partial charge >= 0.3 is 0 Å². The van der Waals surface area contributed by atoms with Crippen LogP contribution in [0.1, 0.15) is 31.0 Å². The molecular weight excluding hydrogens is 226 g/mol. The largest absolute Gasteiger partial charge is 0.439 e. The molecule has 0 unspecified atom stereocenters. The van der Waals surface area contributed by atoms with E-state index in [9.17, 15) is 0 Å². The second kappa shape index (κ2) is 5.60. The second-order valence-corrected chi connectivity index (χ2v) is 4.39. The molecule has 0 aliphatic heterocycles. The molecule has 2 rings (SSSR count). The zero-order valence-electron chi connectivity index (χ0n) is 10.6. The van der Waals surface area contributed by atoms with Crippen LogP contribution in [0.2, 0.25) is 0 Å². The quantitative estimate of drug-likeness (QED) is 0.897. The van der Waals surface area contributed by atoms with Gasteiger partial charge in [-0.25, -0.2) is 9.97 Å². The van der Waals surface area contributed by atoms with E-state index in [1.165, 1.54) is 6.33 Å². The monoisotopic (exact) mass is 243 g/mol. The van der Waals surface area contributed by atoms with Gasteiger partial charge in [-0.2, -0.15) is 0 Å². The Balaban J connectivity index is 2.20. The molecule has 4 heteroatoms. The fourth-order valence-electron chi connectivity index (χ4n) is 1.58. The smallest absolute Gasteiger partial charge is 0.222 e. The minimum atomic E-state index is 0.353. The molecule has 1 heterocycles. The average Bonchev–Trinajstić information content (AvgIpc) is 2.39. The van der Waals surface area contributed by atoms with E-state index in [-0.39, 0.29) is 0 Å². The maximum Gasteiger partial charge on any atom is 0.222 e. The van der Waals surface area contributed by atoms with Gasteiger partial charge in [0.15, 0.2) is 0 Å². The molecule has 18 heavy (non-hydrogen) atoms. The Kier molecular flexibility index (Phi) is 3.89. The summed E-state index contributed by atoms with van der Waals surface area (Å²) in [6.07, 6.45) is 1.53. The third-order valence-electron chi connectivity index (χ3n) is 2.61. The summed E-state index contributed by atoms with van der Waals surface area (Å²) in [6.45, 7) is 4.67. The van der Waals surface area contributed by atoms with Crippen LogP contribution in [-0.2, 0) is 6.54 Å². The van der Waals surface area contributed by atoms with Gasteiger partial charge in [-0.1, -0.05) is 26.0 Å². The van der Waals surface area contributed by atoms with Crippen molar-refractivity contribution in [2.24, 2.45) is 5.73 Å². The molecule has 0 aliphatic carbocycles. The number of ether oxygens (including phenoxy) is 1. The van der Waals surface area contributed by atoms with Crippen molar-refractivity contribution in [1.29, 1.82) is 0 Å². The molecule has 0 spiro atoms. The highest BCUT2D eigenvalue weighted by Crippen LogP contribution is 2.22. The lowest BCUT2D eigenvalue weighted by molar-refractivity contribution is 0.459. The molecule has 1 aromatic heterocycles. The van der Waals surface area contributed by atoms with E-state index >= 15 is 0 Å². The van der Waals surface area contributed by atoms with Gasteiger partial charge in [0, 0.05) is 12.6 Å². The third-order valence-corrected chi connectivity index (χ3v) is 2.61. The zero-order chi connectivity index (χ0) is 13.0. The summed E-state index contributed by atoms with van der Waals surface area (Å²) in [5, 5.41) is 0. The Labute approximate surface area is 107 Å². The topological polar surface area (TPSA) is 61.0 Å². The molecule has 0 bridgehead atoms. The Morgan fingerprint density at radius 2 is 2.06 bits per heavy atom. The molecule has 0 amide bonds. The Bertz CT molecular complexity index is 526. The van der Waals surface area contributed by atoms with Crippen LogP contribution in [0.4, 0.5) is 0 Å². The minimum Gasteiger partial charge on any atom is -0.439 e. The minimum absolute atomic E-state index is 0.353. The van der Waals surface area contributed by atoms with E-state index in [1.54, 1.807) is 0 Å². The summed E-state index contributed by atoms with van der Waals surface area (Å²) in [7, 11) is 0. The number of hydrogen-bond donors (Lipinski definition) is 1. The van der Waals surface area contributed by atoms with E-state index in [0.717, 1.165) is 17.0 Å². The Hall–Kier alpha value is -1.94. The van der Waals surface area contributed by atoms with Crippen molar-refractivity contribution >= 4 is 0 Å². The summed E-state index contributed by atoms with van der Waals surface area (Å²) in [6, 6.07) is 9.54. The lowest BCUT2D eigenvalue weighted by Crippen LogP contribution is -1.98. The van der Waals surface area contributed by atoms with Crippen molar-refractivity contribution in [3.05, 3.63) is 47.9 Å². The molecule has 0 radical (unpaired) electrons. The summed E-state index contributed by atoms with van der Waals surface area (Å²) >= 11 is 0. The van der Waals surface area contributed by atoms with Gasteiger partial charge in [-0.05, 0) is 23.6 Å². The first-order valence-electron chi connectivity index (χ1n) is 5.98. The molecule has 0 saturated carbocycles. The van der Waals surface area contributed by atoms with Crippen LogP contribution in [0.15, 0.2) is 36.7 Å². The van der Waals surface area contributed by atoms with Gasteiger partial charge in [-0.15, -0.1) is 0 Å². The van der Waals surface area contributed by atoms with Crippen molar-refractivity contribution in [3.8, 4) is 11.6 Å². The molecule has 0 fully saturated rings. The molecule has 1 aromatic carbocycles. The van der Waals surface area contributed by atoms with Crippen LogP contribution >= 0.6 is 0 Å². The van der Waals surface area contributed by atoms with Crippen molar-refractivity contribution in [2.45, 2.75) is 26.3 Å². The fraction of sp³-hybridized carbons (Fsp3) is 0.286. The predicted octanol–water partition coefficient (Wildman–Crippen LogP) is 2.85. The van der Waals surface area contributed by atoms with Crippen LogP contribution in [-0.4, -0.2) is 9.97 Å². The average molecular weight is 243 g/mol. The van der Waals surface area contributed by atoms with E-state index in [2.05, 4.69) is 23.8 Å². The van der Waals surface area contributed by atoms with Crippen LogP contribution < -0.4 is 10.5 Å². The lowest BCUT2D eigenvalue weighted by atomic mass is 10.1. The van der Waals surface area contributed by atoms with Gasteiger partial charge < -0.3 is 10.5 Å². The maximum atomic E-state index is 5.70. The predicted molar refractivity (Wildman–Crippen MR) is 70.5 cm³/mol. The zero-order valence-corrected chi connectivity index (χ0v) is 10.6. The summed E-state index contributed by atoms with van der Waals surface area (Å²) in [4.78, 5) is 8.31. The van der Waals surface area contributed by atoms with Crippen LogP contribution in [0.3, 0.4) is 0 Å². The Morgan fingerprint density at radius 1 is 1.22 bits per heavy atom. The molecule has 94 valence electrons. The SMILES string of the molecule is CC(C)c1cc(Oc2cccc(CN)c2)ncn1.